The molecule has 0 spiro atoms. The van der Waals surface area contributed by atoms with E-state index in [-0.39, 0.29) is 0 Å². The maximum Gasteiger partial charge on any atom is -0.0167 e. The minimum atomic E-state index is 0.677. The summed E-state index contributed by atoms with van der Waals surface area (Å²) in [6.07, 6.45) is 0. The number of hydrogen-bond acceptors (Lipinski definition) is 0. The summed E-state index contributed by atoms with van der Waals surface area (Å²) in [6, 6.07) is 21.3. The molecule has 0 fully saturated rings. The topological polar surface area (TPSA) is 0 Å². The molecule has 0 aromatic heterocycles. The summed E-state index contributed by atoms with van der Waals surface area (Å²) in [7, 11) is 0. The molecular formula is C22H32. The predicted octanol–water partition coefficient (Wildman–Crippen LogP) is 6.89. The summed E-state index contributed by atoms with van der Waals surface area (Å²) in [6.45, 7) is 13.6. The molecule has 0 nitrogen and oxygen atoms in total. The van der Waals surface area contributed by atoms with Gasteiger partial charge in [-0.15, -0.1) is 0 Å². The standard InChI is InChI=1S/2C11H16/c2*1-9(2)10(3)11-7-5-4-6-8-11/h2*4-10H,1-3H3/t2*10-/m11/s1. The zero-order chi connectivity index (χ0) is 16.5. The fourth-order valence-electron chi connectivity index (χ4n) is 2.28. The average Bonchev–Trinajstić information content (AvgIpc) is 2.55. The van der Waals surface area contributed by atoms with Crippen LogP contribution in [0.2, 0.25) is 0 Å². The van der Waals surface area contributed by atoms with E-state index < -0.39 is 0 Å². The fraction of sp³-hybridized carbons (Fsp3) is 0.455. The van der Waals surface area contributed by atoms with Crippen LogP contribution in [-0.2, 0) is 0 Å². The monoisotopic (exact) mass is 296 g/mol. The third-order valence-electron chi connectivity index (χ3n) is 4.65. The van der Waals surface area contributed by atoms with Crippen molar-refractivity contribution in [3.8, 4) is 0 Å². The Hall–Kier alpha value is -1.56. The van der Waals surface area contributed by atoms with E-state index in [0.29, 0.717) is 11.8 Å². The highest BCUT2D eigenvalue weighted by molar-refractivity contribution is 5.19. The van der Waals surface area contributed by atoms with E-state index in [1.807, 2.05) is 0 Å². The van der Waals surface area contributed by atoms with Crippen LogP contribution < -0.4 is 0 Å². The third kappa shape index (κ3) is 6.05. The van der Waals surface area contributed by atoms with Gasteiger partial charge in [0.25, 0.3) is 0 Å². The molecule has 0 saturated carbocycles. The number of hydrogen-bond donors (Lipinski definition) is 0. The molecule has 0 heterocycles. The first kappa shape index (κ1) is 18.5. The van der Waals surface area contributed by atoms with Crippen LogP contribution in [0.5, 0.6) is 0 Å². The van der Waals surface area contributed by atoms with Crippen LogP contribution in [0, 0.1) is 11.8 Å². The maximum atomic E-state index is 2.28. The molecule has 0 N–H and O–H groups in total. The highest BCUT2D eigenvalue weighted by Crippen LogP contribution is 2.23. The Morgan fingerprint density at radius 2 is 0.727 bits per heavy atom. The largest absolute Gasteiger partial charge is 0.0622 e. The van der Waals surface area contributed by atoms with Crippen molar-refractivity contribution in [3.05, 3.63) is 71.8 Å². The van der Waals surface area contributed by atoms with Crippen molar-refractivity contribution < 1.29 is 0 Å². The lowest BCUT2D eigenvalue weighted by Crippen LogP contribution is -2.00. The Morgan fingerprint density at radius 3 is 0.955 bits per heavy atom. The third-order valence-corrected chi connectivity index (χ3v) is 4.65. The summed E-state index contributed by atoms with van der Waals surface area (Å²) < 4.78 is 0. The van der Waals surface area contributed by atoms with Gasteiger partial charge < -0.3 is 0 Å². The molecule has 0 radical (unpaired) electrons. The lowest BCUT2D eigenvalue weighted by atomic mass is 9.91. The zero-order valence-electron chi connectivity index (χ0n) is 15.1. The van der Waals surface area contributed by atoms with Crippen molar-refractivity contribution in [2.75, 3.05) is 0 Å². The minimum Gasteiger partial charge on any atom is -0.0622 e. The summed E-state index contributed by atoms with van der Waals surface area (Å²) in [5, 5.41) is 0. The van der Waals surface area contributed by atoms with Gasteiger partial charge in [0.15, 0.2) is 0 Å². The fourth-order valence-corrected chi connectivity index (χ4v) is 2.28. The first-order valence-corrected chi connectivity index (χ1v) is 8.53. The Balaban J connectivity index is 0.000000220. The first-order chi connectivity index (χ1) is 10.4. The normalized spacial score (nSPS) is 13.5. The molecule has 0 saturated heterocycles. The molecule has 22 heavy (non-hydrogen) atoms. The van der Waals surface area contributed by atoms with E-state index in [4.69, 9.17) is 0 Å². The Morgan fingerprint density at radius 1 is 0.455 bits per heavy atom. The summed E-state index contributed by atoms with van der Waals surface area (Å²) in [5.74, 6) is 2.82. The smallest absolute Gasteiger partial charge is 0.0167 e. The van der Waals surface area contributed by atoms with Crippen LogP contribution in [0.3, 0.4) is 0 Å². The van der Waals surface area contributed by atoms with E-state index in [1.54, 1.807) is 0 Å². The lowest BCUT2D eigenvalue weighted by Gasteiger charge is -2.15. The van der Waals surface area contributed by atoms with Gasteiger partial charge in [-0.05, 0) is 34.8 Å². The lowest BCUT2D eigenvalue weighted by molar-refractivity contribution is 0.535. The molecule has 2 aromatic rings. The van der Waals surface area contributed by atoms with Gasteiger partial charge in [-0.2, -0.15) is 0 Å². The number of benzene rings is 2. The Labute approximate surface area is 137 Å². The minimum absolute atomic E-state index is 0.677. The summed E-state index contributed by atoms with van der Waals surface area (Å²) in [4.78, 5) is 0. The van der Waals surface area contributed by atoms with E-state index in [2.05, 4.69) is 102 Å². The van der Waals surface area contributed by atoms with Crippen LogP contribution in [0.15, 0.2) is 60.7 Å². The van der Waals surface area contributed by atoms with E-state index in [9.17, 15) is 0 Å². The Bertz CT molecular complexity index is 447. The van der Waals surface area contributed by atoms with Crippen LogP contribution >= 0.6 is 0 Å². The van der Waals surface area contributed by atoms with Crippen molar-refractivity contribution >= 4 is 0 Å². The van der Waals surface area contributed by atoms with Gasteiger partial charge in [-0.3, -0.25) is 0 Å². The molecule has 0 unspecified atom stereocenters. The van der Waals surface area contributed by atoms with Crippen molar-refractivity contribution in [2.45, 2.75) is 53.4 Å². The second-order valence-corrected chi connectivity index (χ2v) is 6.89. The first-order valence-electron chi connectivity index (χ1n) is 8.53. The van der Waals surface area contributed by atoms with E-state index >= 15 is 0 Å². The number of rotatable bonds is 4. The zero-order valence-corrected chi connectivity index (χ0v) is 15.1. The molecule has 2 rings (SSSR count). The highest BCUT2D eigenvalue weighted by atomic mass is 14.1. The van der Waals surface area contributed by atoms with Gasteiger partial charge in [0, 0.05) is 0 Å². The SMILES string of the molecule is CC(C)[C@@H](C)c1ccccc1.CC(C)[C@@H](C)c1ccccc1. The van der Waals surface area contributed by atoms with Gasteiger partial charge in [-0.25, -0.2) is 0 Å². The molecule has 2 aromatic carbocycles. The van der Waals surface area contributed by atoms with Gasteiger partial charge in [0.1, 0.15) is 0 Å². The molecule has 0 bridgehead atoms. The van der Waals surface area contributed by atoms with Crippen LogP contribution in [-0.4, -0.2) is 0 Å². The Kier molecular flexibility index (Phi) is 7.95. The van der Waals surface area contributed by atoms with Crippen molar-refractivity contribution in [1.82, 2.24) is 0 Å². The van der Waals surface area contributed by atoms with Gasteiger partial charge in [0.05, 0.1) is 0 Å². The van der Waals surface area contributed by atoms with Gasteiger partial charge >= 0.3 is 0 Å². The molecular weight excluding hydrogens is 264 g/mol. The van der Waals surface area contributed by atoms with Crippen LogP contribution in [0.1, 0.15) is 64.5 Å². The second-order valence-electron chi connectivity index (χ2n) is 6.89. The van der Waals surface area contributed by atoms with Crippen molar-refractivity contribution in [3.63, 3.8) is 0 Å². The molecule has 0 aliphatic carbocycles. The summed E-state index contributed by atoms with van der Waals surface area (Å²) >= 11 is 0. The molecule has 0 heteroatoms. The maximum absolute atomic E-state index is 2.28. The predicted molar refractivity (Wildman–Crippen MR) is 99.4 cm³/mol. The summed E-state index contributed by atoms with van der Waals surface area (Å²) in [5.41, 5.74) is 2.89. The van der Waals surface area contributed by atoms with Crippen molar-refractivity contribution in [2.24, 2.45) is 11.8 Å². The van der Waals surface area contributed by atoms with Gasteiger partial charge in [-0.1, -0.05) is 102 Å². The van der Waals surface area contributed by atoms with Crippen LogP contribution in [0.4, 0.5) is 0 Å². The highest BCUT2D eigenvalue weighted by Gasteiger charge is 2.08. The van der Waals surface area contributed by atoms with E-state index in [1.165, 1.54) is 11.1 Å². The molecule has 0 aliphatic rings. The van der Waals surface area contributed by atoms with Crippen molar-refractivity contribution in [1.29, 1.82) is 0 Å². The molecule has 2 atom stereocenters. The quantitative estimate of drug-likeness (QED) is 0.576. The van der Waals surface area contributed by atoms with E-state index in [0.717, 1.165) is 11.8 Å². The van der Waals surface area contributed by atoms with Gasteiger partial charge in [0.2, 0.25) is 0 Å². The second kappa shape index (κ2) is 9.46. The van der Waals surface area contributed by atoms with Crippen LogP contribution in [0.25, 0.3) is 0 Å². The average molecular weight is 296 g/mol. The molecule has 0 amide bonds. The molecule has 0 aliphatic heterocycles. The molecule has 120 valence electrons.